The predicted molar refractivity (Wildman–Crippen MR) is 56.5 cm³/mol. The predicted octanol–water partition coefficient (Wildman–Crippen LogP) is 0.495. The Bertz CT molecular complexity index is 378. The Morgan fingerprint density at radius 3 is 2.87 bits per heavy atom. The molecule has 5 nitrogen and oxygen atoms in total. The topological polar surface area (TPSA) is 68.3 Å². The van der Waals surface area contributed by atoms with Crippen LogP contribution in [0.25, 0.3) is 0 Å². The fourth-order valence-electron chi connectivity index (χ4n) is 0.975. The van der Waals surface area contributed by atoms with Crippen molar-refractivity contribution in [1.29, 1.82) is 0 Å². The van der Waals surface area contributed by atoms with E-state index in [4.69, 9.17) is 0 Å². The van der Waals surface area contributed by atoms with Crippen LogP contribution >= 0.6 is 0 Å². The van der Waals surface area contributed by atoms with Crippen molar-refractivity contribution in [1.82, 2.24) is 9.87 Å². The van der Waals surface area contributed by atoms with E-state index in [0.29, 0.717) is 13.0 Å². The molecule has 6 heteroatoms. The third kappa shape index (κ3) is 4.87. The van der Waals surface area contributed by atoms with Crippen molar-refractivity contribution in [2.45, 2.75) is 13.3 Å². The summed E-state index contributed by atoms with van der Waals surface area (Å²) in [5.41, 5.74) is 0.749. The quantitative estimate of drug-likeness (QED) is 0.722. The van der Waals surface area contributed by atoms with Gasteiger partial charge in [0.2, 0.25) is 10.0 Å². The molecule has 15 heavy (non-hydrogen) atoms. The average molecular weight is 230 g/mol. The van der Waals surface area contributed by atoms with E-state index in [1.807, 2.05) is 11.0 Å². The zero-order valence-electron chi connectivity index (χ0n) is 8.51. The fraction of sp³-hybridized carbons (Fsp3) is 0.444. The fourth-order valence-corrected chi connectivity index (χ4v) is 1.83. The molecule has 0 unspecified atom stereocenters. The summed E-state index contributed by atoms with van der Waals surface area (Å²) in [5, 5.41) is 0. The van der Waals surface area contributed by atoms with E-state index in [1.54, 1.807) is 25.3 Å². The number of nitrogens with one attached hydrogen (secondary N) is 1. The molecule has 0 radical (unpaired) electrons. The van der Waals surface area contributed by atoms with Gasteiger partial charge in [-0.05, 0) is 19.1 Å². The summed E-state index contributed by atoms with van der Waals surface area (Å²) in [4.78, 5) is 10.7. The van der Waals surface area contributed by atoms with Gasteiger partial charge in [-0.3, -0.25) is 9.82 Å². The SMILES string of the molecule is CCONS(=O)(=O)CCc1ccccn1. The zero-order chi connectivity index (χ0) is 11.1. The van der Waals surface area contributed by atoms with Gasteiger partial charge in [0.05, 0.1) is 12.4 Å². The van der Waals surface area contributed by atoms with Gasteiger partial charge in [0.1, 0.15) is 0 Å². The number of pyridine rings is 1. The second kappa shape index (κ2) is 5.79. The third-order valence-electron chi connectivity index (χ3n) is 1.68. The number of hydrogen-bond donors (Lipinski definition) is 1. The zero-order valence-corrected chi connectivity index (χ0v) is 9.33. The number of nitrogens with zero attached hydrogens (tertiary/aromatic N) is 1. The lowest BCUT2D eigenvalue weighted by molar-refractivity contribution is 0.105. The van der Waals surface area contributed by atoms with Gasteiger partial charge in [-0.1, -0.05) is 11.0 Å². The summed E-state index contributed by atoms with van der Waals surface area (Å²) in [7, 11) is -3.35. The van der Waals surface area contributed by atoms with Crippen molar-refractivity contribution in [3.8, 4) is 0 Å². The van der Waals surface area contributed by atoms with Gasteiger partial charge >= 0.3 is 0 Å². The van der Waals surface area contributed by atoms with Crippen LogP contribution in [0.1, 0.15) is 12.6 Å². The first-order valence-corrected chi connectivity index (χ1v) is 6.30. The van der Waals surface area contributed by atoms with Crippen LogP contribution in [0.5, 0.6) is 0 Å². The molecule has 0 amide bonds. The van der Waals surface area contributed by atoms with E-state index in [0.717, 1.165) is 5.69 Å². The van der Waals surface area contributed by atoms with Crippen LogP contribution < -0.4 is 4.89 Å². The highest BCUT2D eigenvalue weighted by molar-refractivity contribution is 7.89. The Hall–Kier alpha value is -0.980. The van der Waals surface area contributed by atoms with E-state index in [1.165, 1.54) is 0 Å². The minimum atomic E-state index is -3.35. The van der Waals surface area contributed by atoms with E-state index in [2.05, 4.69) is 9.82 Å². The molecule has 0 spiro atoms. The van der Waals surface area contributed by atoms with Crippen molar-refractivity contribution >= 4 is 10.0 Å². The van der Waals surface area contributed by atoms with E-state index >= 15 is 0 Å². The Balaban J connectivity index is 2.43. The highest BCUT2D eigenvalue weighted by Gasteiger charge is 2.10. The van der Waals surface area contributed by atoms with Crippen molar-refractivity contribution in [3.05, 3.63) is 30.1 Å². The van der Waals surface area contributed by atoms with Crippen molar-refractivity contribution < 1.29 is 13.3 Å². The molecule has 1 aromatic rings. The van der Waals surface area contributed by atoms with Crippen LogP contribution in [0, 0.1) is 0 Å². The minimum absolute atomic E-state index is 0.0238. The maximum Gasteiger partial charge on any atom is 0.233 e. The van der Waals surface area contributed by atoms with Gasteiger partial charge in [0.25, 0.3) is 0 Å². The highest BCUT2D eigenvalue weighted by Crippen LogP contribution is 1.97. The van der Waals surface area contributed by atoms with Gasteiger partial charge in [-0.25, -0.2) is 8.42 Å². The molecule has 1 heterocycles. The standard InChI is InChI=1S/C9H14N2O3S/c1-2-14-11-15(12,13)8-6-9-5-3-4-7-10-9/h3-5,7,11H,2,6,8H2,1H3. The van der Waals surface area contributed by atoms with Crippen LogP contribution in [0.15, 0.2) is 24.4 Å². The number of aryl methyl sites for hydroxylation is 1. The van der Waals surface area contributed by atoms with Crippen LogP contribution in [0.4, 0.5) is 0 Å². The Morgan fingerprint density at radius 2 is 2.27 bits per heavy atom. The van der Waals surface area contributed by atoms with Gasteiger partial charge in [0, 0.05) is 18.3 Å². The second-order valence-corrected chi connectivity index (χ2v) is 4.71. The highest BCUT2D eigenvalue weighted by atomic mass is 32.2. The van der Waals surface area contributed by atoms with Crippen LogP contribution in [-0.4, -0.2) is 25.8 Å². The monoisotopic (exact) mass is 230 g/mol. The maximum absolute atomic E-state index is 11.3. The Morgan fingerprint density at radius 1 is 1.47 bits per heavy atom. The van der Waals surface area contributed by atoms with Gasteiger partial charge in [-0.2, -0.15) is 0 Å². The Kier molecular flexibility index (Phi) is 4.67. The van der Waals surface area contributed by atoms with Gasteiger partial charge < -0.3 is 0 Å². The number of hydrogen-bond acceptors (Lipinski definition) is 4. The first kappa shape index (κ1) is 12.1. The molecule has 0 aliphatic carbocycles. The molecule has 1 rings (SSSR count). The largest absolute Gasteiger partial charge is 0.287 e. The summed E-state index contributed by atoms with van der Waals surface area (Å²) in [5.74, 6) is -0.0238. The summed E-state index contributed by atoms with van der Waals surface area (Å²) >= 11 is 0. The number of sulfonamides is 1. The molecule has 0 aliphatic rings. The first-order valence-electron chi connectivity index (χ1n) is 4.65. The van der Waals surface area contributed by atoms with E-state index in [9.17, 15) is 8.42 Å². The van der Waals surface area contributed by atoms with Gasteiger partial charge in [0.15, 0.2) is 0 Å². The summed E-state index contributed by atoms with van der Waals surface area (Å²) in [6.07, 6.45) is 2.02. The van der Waals surface area contributed by atoms with Crippen molar-refractivity contribution in [2.24, 2.45) is 0 Å². The molecule has 1 aromatic heterocycles. The molecule has 1 N–H and O–H groups in total. The first-order chi connectivity index (χ1) is 7.14. The van der Waals surface area contributed by atoms with Gasteiger partial charge in [-0.15, -0.1) is 0 Å². The molecule has 0 bridgehead atoms. The molecule has 0 aromatic carbocycles. The molecule has 0 saturated heterocycles. The lowest BCUT2D eigenvalue weighted by Crippen LogP contribution is -2.27. The second-order valence-electron chi connectivity index (χ2n) is 2.91. The van der Waals surface area contributed by atoms with E-state index in [-0.39, 0.29) is 5.75 Å². The number of aromatic nitrogens is 1. The van der Waals surface area contributed by atoms with Crippen molar-refractivity contribution in [2.75, 3.05) is 12.4 Å². The summed E-state index contributed by atoms with van der Waals surface area (Å²) in [6.45, 7) is 2.02. The van der Waals surface area contributed by atoms with Crippen LogP contribution in [0.2, 0.25) is 0 Å². The molecular formula is C9H14N2O3S. The molecule has 0 saturated carbocycles. The lowest BCUT2D eigenvalue weighted by atomic mass is 10.3. The normalized spacial score (nSPS) is 11.5. The minimum Gasteiger partial charge on any atom is -0.287 e. The third-order valence-corrected chi connectivity index (χ3v) is 2.80. The summed E-state index contributed by atoms with van der Waals surface area (Å²) in [6, 6.07) is 5.40. The van der Waals surface area contributed by atoms with E-state index < -0.39 is 10.0 Å². The van der Waals surface area contributed by atoms with Crippen molar-refractivity contribution in [3.63, 3.8) is 0 Å². The lowest BCUT2D eigenvalue weighted by Gasteiger charge is -2.04. The molecule has 84 valence electrons. The maximum atomic E-state index is 11.3. The molecule has 0 atom stereocenters. The average Bonchev–Trinajstić information content (AvgIpc) is 2.25. The molecule has 0 aliphatic heterocycles. The summed E-state index contributed by atoms with van der Waals surface area (Å²) < 4.78 is 22.6. The number of rotatable bonds is 6. The molecule has 0 fully saturated rings. The van der Waals surface area contributed by atoms with Crippen LogP contribution in [-0.2, 0) is 21.3 Å². The Labute approximate surface area is 89.5 Å². The smallest absolute Gasteiger partial charge is 0.233 e. The molecular weight excluding hydrogens is 216 g/mol. The van der Waals surface area contributed by atoms with Crippen LogP contribution in [0.3, 0.4) is 0 Å².